The summed E-state index contributed by atoms with van der Waals surface area (Å²) < 4.78 is 5.35. The second kappa shape index (κ2) is 8.17. The molecule has 1 fully saturated rings. The minimum absolute atomic E-state index is 0. The minimum Gasteiger partial charge on any atom is -0.370 e. The van der Waals surface area contributed by atoms with Gasteiger partial charge in [0.2, 0.25) is 0 Å². The zero-order valence-electron chi connectivity index (χ0n) is 12.4. The fourth-order valence-electron chi connectivity index (χ4n) is 2.51. The molecule has 1 saturated heterocycles. The van der Waals surface area contributed by atoms with E-state index in [4.69, 9.17) is 10.3 Å². The smallest absolute Gasteiger partial charge is 0.191 e. The van der Waals surface area contributed by atoms with Crippen molar-refractivity contribution < 1.29 is 4.52 Å². The Balaban J connectivity index is 0.00000176. The molecule has 22 heavy (non-hydrogen) atoms. The zero-order valence-corrected chi connectivity index (χ0v) is 14.8. The van der Waals surface area contributed by atoms with Crippen molar-refractivity contribution >= 4 is 29.9 Å². The van der Waals surface area contributed by atoms with Gasteiger partial charge < -0.3 is 15.2 Å². The molecule has 118 valence electrons. The molecule has 1 aromatic carbocycles. The lowest BCUT2D eigenvalue weighted by Gasteiger charge is -2.27. The molecule has 2 aromatic rings. The van der Waals surface area contributed by atoms with E-state index in [1.165, 1.54) is 19.3 Å². The number of halogens is 1. The molecular formula is C16H21IN4O. The van der Waals surface area contributed by atoms with Crippen LogP contribution in [-0.4, -0.2) is 29.1 Å². The number of guanidine groups is 1. The molecule has 0 spiro atoms. The highest BCUT2D eigenvalue weighted by Gasteiger charge is 2.12. The Morgan fingerprint density at radius 1 is 1.18 bits per heavy atom. The Morgan fingerprint density at radius 2 is 1.91 bits per heavy atom. The van der Waals surface area contributed by atoms with Crippen molar-refractivity contribution in [3.63, 3.8) is 0 Å². The van der Waals surface area contributed by atoms with E-state index in [2.05, 4.69) is 15.0 Å². The van der Waals surface area contributed by atoms with Gasteiger partial charge in [-0.15, -0.1) is 24.0 Å². The topological polar surface area (TPSA) is 67.6 Å². The number of likely N-dealkylation sites (tertiary alicyclic amines) is 1. The van der Waals surface area contributed by atoms with E-state index in [1.54, 1.807) is 0 Å². The molecule has 6 heteroatoms. The SMILES string of the molecule is I.NC(=NCc1cc(-c2ccccc2)on1)N1CCCCC1. The summed E-state index contributed by atoms with van der Waals surface area (Å²) in [6.07, 6.45) is 3.67. The van der Waals surface area contributed by atoms with Crippen molar-refractivity contribution in [2.45, 2.75) is 25.8 Å². The third-order valence-corrected chi connectivity index (χ3v) is 3.70. The fourth-order valence-corrected chi connectivity index (χ4v) is 2.51. The average Bonchev–Trinajstić information content (AvgIpc) is 3.03. The van der Waals surface area contributed by atoms with Gasteiger partial charge in [-0.1, -0.05) is 35.5 Å². The van der Waals surface area contributed by atoms with Crippen LogP contribution in [0.4, 0.5) is 0 Å². The molecule has 3 rings (SSSR count). The molecular weight excluding hydrogens is 391 g/mol. The van der Waals surface area contributed by atoms with Gasteiger partial charge in [-0.3, -0.25) is 0 Å². The Labute approximate surface area is 147 Å². The van der Waals surface area contributed by atoms with Crippen LogP contribution >= 0.6 is 24.0 Å². The quantitative estimate of drug-likeness (QED) is 0.478. The Bertz CT molecular complexity index is 606. The first-order chi connectivity index (χ1) is 10.3. The number of aliphatic imine (C=N–C) groups is 1. The molecule has 1 aliphatic rings. The van der Waals surface area contributed by atoms with E-state index in [0.717, 1.165) is 30.1 Å². The lowest BCUT2D eigenvalue weighted by Crippen LogP contribution is -2.40. The van der Waals surface area contributed by atoms with Crippen LogP contribution in [0.15, 0.2) is 45.9 Å². The number of nitrogens with zero attached hydrogens (tertiary/aromatic N) is 3. The van der Waals surface area contributed by atoms with Crippen molar-refractivity contribution in [3.05, 3.63) is 42.1 Å². The highest BCUT2D eigenvalue weighted by molar-refractivity contribution is 14.0. The lowest BCUT2D eigenvalue weighted by atomic mass is 10.1. The summed E-state index contributed by atoms with van der Waals surface area (Å²) in [6.45, 7) is 2.46. The van der Waals surface area contributed by atoms with Crippen molar-refractivity contribution in [2.75, 3.05) is 13.1 Å². The summed E-state index contributed by atoms with van der Waals surface area (Å²) in [7, 11) is 0. The molecule has 0 radical (unpaired) electrons. The maximum absolute atomic E-state index is 6.03. The standard InChI is InChI=1S/C16H20N4O.HI/c17-16(20-9-5-2-6-10-20)18-12-14-11-15(21-19-14)13-7-3-1-4-8-13;/h1,3-4,7-8,11H,2,5-6,9-10,12H2,(H2,17,18);1H. The van der Waals surface area contributed by atoms with E-state index in [1.807, 2.05) is 36.4 Å². The second-order valence-electron chi connectivity index (χ2n) is 5.27. The molecule has 1 aliphatic heterocycles. The predicted octanol–water partition coefficient (Wildman–Crippen LogP) is 3.26. The molecule has 0 aliphatic carbocycles. The van der Waals surface area contributed by atoms with Crippen molar-refractivity contribution in [2.24, 2.45) is 10.7 Å². The maximum Gasteiger partial charge on any atom is 0.191 e. The Kier molecular flexibility index (Phi) is 6.23. The van der Waals surface area contributed by atoms with Crippen LogP contribution in [0.5, 0.6) is 0 Å². The molecule has 2 N–H and O–H groups in total. The van der Waals surface area contributed by atoms with Crippen LogP contribution in [-0.2, 0) is 6.54 Å². The molecule has 0 atom stereocenters. The molecule has 1 aromatic heterocycles. The fraction of sp³-hybridized carbons (Fsp3) is 0.375. The van der Waals surface area contributed by atoms with Gasteiger partial charge in [0.05, 0.1) is 6.54 Å². The Morgan fingerprint density at radius 3 is 2.64 bits per heavy atom. The van der Waals surface area contributed by atoms with Crippen molar-refractivity contribution in [1.29, 1.82) is 0 Å². The van der Waals surface area contributed by atoms with Crippen molar-refractivity contribution in [3.8, 4) is 11.3 Å². The van der Waals surface area contributed by atoms with Gasteiger partial charge in [0.25, 0.3) is 0 Å². The zero-order chi connectivity index (χ0) is 14.5. The largest absolute Gasteiger partial charge is 0.370 e. The molecule has 0 bridgehead atoms. The van der Waals surface area contributed by atoms with E-state index in [0.29, 0.717) is 12.5 Å². The number of nitrogens with two attached hydrogens (primary N) is 1. The van der Waals surface area contributed by atoms with E-state index < -0.39 is 0 Å². The number of piperidine rings is 1. The normalized spacial score (nSPS) is 15.5. The maximum atomic E-state index is 6.03. The van der Waals surface area contributed by atoms with Gasteiger partial charge >= 0.3 is 0 Å². The van der Waals surface area contributed by atoms with E-state index >= 15 is 0 Å². The van der Waals surface area contributed by atoms with Crippen LogP contribution in [0.2, 0.25) is 0 Å². The van der Waals surface area contributed by atoms with Crippen LogP contribution in [0.1, 0.15) is 25.0 Å². The van der Waals surface area contributed by atoms with E-state index in [9.17, 15) is 0 Å². The number of rotatable bonds is 3. The summed E-state index contributed by atoms with van der Waals surface area (Å²) in [5, 5.41) is 4.05. The van der Waals surface area contributed by atoms with Gasteiger partial charge in [0.1, 0.15) is 5.69 Å². The highest BCUT2D eigenvalue weighted by Crippen LogP contribution is 2.20. The van der Waals surface area contributed by atoms with Crippen molar-refractivity contribution in [1.82, 2.24) is 10.1 Å². The second-order valence-corrected chi connectivity index (χ2v) is 5.27. The van der Waals surface area contributed by atoms with E-state index in [-0.39, 0.29) is 24.0 Å². The van der Waals surface area contributed by atoms with Gasteiger partial charge in [-0.25, -0.2) is 4.99 Å². The predicted molar refractivity (Wildman–Crippen MR) is 98.1 cm³/mol. The van der Waals surface area contributed by atoms with Crippen LogP contribution in [0, 0.1) is 0 Å². The molecule has 0 saturated carbocycles. The minimum atomic E-state index is 0. The summed E-state index contributed by atoms with van der Waals surface area (Å²) in [5.74, 6) is 1.37. The number of hydrogen-bond acceptors (Lipinski definition) is 3. The summed E-state index contributed by atoms with van der Waals surface area (Å²) in [6, 6.07) is 11.8. The van der Waals surface area contributed by atoms with Crippen LogP contribution in [0.25, 0.3) is 11.3 Å². The third-order valence-electron chi connectivity index (χ3n) is 3.70. The van der Waals surface area contributed by atoms with Gasteiger partial charge in [-0.2, -0.15) is 0 Å². The first-order valence-corrected chi connectivity index (χ1v) is 7.39. The number of hydrogen-bond donors (Lipinski definition) is 1. The molecule has 0 amide bonds. The average molecular weight is 412 g/mol. The first-order valence-electron chi connectivity index (χ1n) is 7.39. The summed E-state index contributed by atoms with van der Waals surface area (Å²) in [4.78, 5) is 6.56. The first kappa shape index (κ1) is 16.8. The highest BCUT2D eigenvalue weighted by atomic mass is 127. The lowest BCUT2D eigenvalue weighted by molar-refractivity contribution is 0.338. The molecule has 2 heterocycles. The third kappa shape index (κ3) is 4.22. The number of aromatic nitrogens is 1. The molecule has 0 unspecified atom stereocenters. The molecule has 5 nitrogen and oxygen atoms in total. The van der Waals surface area contributed by atoms with Gasteiger partial charge in [0.15, 0.2) is 11.7 Å². The summed E-state index contributed by atoms with van der Waals surface area (Å²) >= 11 is 0. The monoisotopic (exact) mass is 412 g/mol. The van der Waals surface area contributed by atoms with Gasteiger partial charge in [-0.05, 0) is 19.3 Å². The van der Waals surface area contributed by atoms with Crippen LogP contribution < -0.4 is 5.73 Å². The summed E-state index contributed by atoms with van der Waals surface area (Å²) in [5.41, 5.74) is 7.85. The number of benzene rings is 1. The van der Waals surface area contributed by atoms with Gasteiger partial charge in [0, 0.05) is 24.7 Å². The Hall–Kier alpha value is -1.57. The van der Waals surface area contributed by atoms with Crippen LogP contribution in [0.3, 0.4) is 0 Å².